The molecule has 0 radical (unpaired) electrons. The Bertz CT molecular complexity index is 897. The van der Waals surface area contributed by atoms with Gasteiger partial charge in [-0.1, -0.05) is 0 Å². The first-order valence-electron chi connectivity index (χ1n) is 8.12. The van der Waals surface area contributed by atoms with Gasteiger partial charge in [0.15, 0.2) is 11.6 Å². The van der Waals surface area contributed by atoms with Crippen molar-refractivity contribution in [2.24, 2.45) is 0 Å². The van der Waals surface area contributed by atoms with Crippen LogP contribution in [-0.4, -0.2) is 44.7 Å². The van der Waals surface area contributed by atoms with E-state index in [9.17, 15) is 9.90 Å². The maximum atomic E-state index is 11.3. The molecule has 3 aromatic rings. The molecule has 1 atom stereocenters. The number of H-pyrrole nitrogens is 1. The molecule has 1 unspecified atom stereocenters. The second kappa shape index (κ2) is 7.94. The minimum Gasteiger partial charge on any atom is -0.488 e. The van der Waals surface area contributed by atoms with E-state index in [1.165, 1.54) is 6.07 Å². The summed E-state index contributed by atoms with van der Waals surface area (Å²) in [4.78, 5) is 13.9. The number of pyridine rings is 1. The topological polar surface area (TPSA) is 102 Å². The highest BCUT2D eigenvalue weighted by molar-refractivity contribution is 5.59. The number of nitrogens with one attached hydrogen (secondary N) is 1. The van der Waals surface area contributed by atoms with E-state index in [0.717, 1.165) is 11.3 Å². The molecular weight excluding hydrogens is 336 g/mol. The number of rotatable bonds is 7. The van der Waals surface area contributed by atoms with E-state index in [0.29, 0.717) is 23.9 Å². The van der Waals surface area contributed by atoms with Crippen LogP contribution in [0.5, 0.6) is 5.75 Å². The van der Waals surface area contributed by atoms with Gasteiger partial charge in [-0.05, 0) is 37.3 Å². The van der Waals surface area contributed by atoms with Crippen LogP contribution in [-0.2, 0) is 11.3 Å². The van der Waals surface area contributed by atoms with Gasteiger partial charge < -0.3 is 19.6 Å². The molecule has 0 spiro atoms. The summed E-state index contributed by atoms with van der Waals surface area (Å²) in [5.74, 6) is 1.65. The molecule has 0 fully saturated rings. The van der Waals surface area contributed by atoms with Gasteiger partial charge in [0.2, 0.25) is 5.56 Å². The Labute approximate surface area is 150 Å². The van der Waals surface area contributed by atoms with Gasteiger partial charge in [-0.25, -0.2) is 0 Å². The molecule has 136 valence electrons. The van der Waals surface area contributed by atoms with Crippen LogP contribution in [0.2, 0.25) is 0 Å². The minimum atomic E-state index is -0.276. The first kappa shape index (κ1) is 17.8. The zero-order valence-electron chi connectivity index (χ0n) is 14.5. The number of benzene rings is 1. The molecule has 2 aromatic heterocycles. The van der Waals surface area contributed by atoms with Gasteiger partial charge in [0.05, 0.1) is 12.3 Å². The van der Waals surface area contributed by atoms with Crippen LogP contribution in [0, 0.1) is 0 Å². The monoisotopic (exact) mass is 356 g/mol. The minimum absolute atomic E-state index is 0.0587. The van der Waals surface area contributed by atoms with Crippen molar-refractivity contribution in [3.63, 3.8) is 0 Å². The second-order valence-electron chi connectivity index (χ2n) is 5.75. The van der Waals surface area contributed by atoms with Crippen LogP contribution < -0.4 is 10.3 Å². The summed E-state index contributed by atoms with van der Waals surface area (Å²) in [6.07, 6.45) is 1.50. The lowest BCUT2D eigenvalue weighted by molar-refractivity contribution is 0.0921. The number of ether oxygens (including phenoxy) is 2. The van der Waals surface area contributed by atoms with Crippen molar-refractivity contribution in [1.82, 2.24) is 19.7 Å². The summed E-state index contributed by atoms with van der Waals surface area (Å²) in [6, 6.07) is 10.5. The van der Waals surface area contributed by atoms with Gasteiger partial charge >= 0.3 is 0 Å². The van der Waals surface area contributed by atoms with Crippen LogP contribution >= 0.6 is 0 Å². The summed E-state index contributed by atoms with van der Waals surface area (Å²) < 4.78 is 12.5. The average molecular weight is 356 g/mol. The number of nitrogens with zero attached hydrogens (tertiary/aromatic N) is 3. The molecule has 8 heteroatoms. The quantitative estimate of drug-likeness (QED) is 0.666. The smallest absolute Gasteiger partial charge is 0.248 e. The van der Waals surface area contributed by atoms with E-state index in [-0.39, 0.29) is 18.3 Å². The predicted octanol–water partition coefficient (Wildman–Crippen LogP) is 1.53. The highest BCUT2D eigenvalue weighted by Gasteiger charge is 2.15. The number of aromatic nitrogens is 4. The van der Waals surface area contributed by atoms with E-state index in [1.54, 1.807) is 23.9 Å². The summed E-state index contributed by atoms with van der Waals surface area (Å²) in [6.45, 7) is 2.15. The number of aromatic amines is 1. The van der Waals surface area contributed by atoms with Crippen LogP contribution in [0.25, 0.3) is 17.1 Å². The van der Waals surface area contributed by atoms with Crippen LogP contribution in [0.15, 0.2) is 47.4 Å². The van der Waals surface area contributed by atoms with Crippen LogP contribution in [0.3, 0.4) is 0 Å². The highest BCUT2D eigenvalue weighted by atomic mass is 16.5. The molecular formula is C18H20N4O4. The average Bonchev–Trinajstić information content (AvgIpc) is 3.07. The summed E-state index contributed by atoms with van der Waals surface area (Å²) in [5, 5.41) is 17.8. The lowest BCUT2D eigenvalue weighted by Gasteiger charge is -2.14. The molecule has 2 N–H and O–H groups in total. The Hall–Kier alpha value is -2.97. The number of aliphatic hydroxyl groups excluding tert-OH is 1. The van der Waals surface area contributed by atoms with E-state index in [4.69, 9.17) is 9.47 Å². The molecule has 3 rings (SSSR count). The van der Waals surface area contributed by atoms with Crippen molar-refractivity contribution in [3.05, 3.63) is 58.8 Å². The van der Waals surface area contributed by atoms with Crippen molar-refractivity contribution < 1.29 is 14.6 Å². The lowest BCUT2D eigenvalue weighted by Crippen LogP contribution is -2.17. The maximum absolute atomic E-state index is 11.3. The largest absolute Gasteiger partial charge is 0.488 e. The number of methoxy groups -OCH3 is 1. The van der Waals surface area contributed by atoms with Crippen molar-refractivity contribution in [1.29, 1.82) is 0 Å². The Morgan fingerprint density at radius 1 is 1.19 bits per heavy atom. The summed E-state index contributed by atoms with van der Waals surface area (Å²) in [5.41, 5.74) is 1.25. The van der Waals surface area contributed by atoms with Crippen molar-refractivity contribution in [2.75, 3.05) is 13.7 Å². The molecule has 8 nitrogen and oxygen atoms in total. The van der Waals surface area contributed by atoms with Crippen LogP contribution in [0.4, 0.5) is 0 Å². The number of hydrogen-bond acceptors (Lipinski definition) is 6. The lowest BCUT2D eigenvalue weighted by atomic mass is 10.2. The zero-order chi connectivity index (χ0) is 18.5. The normalized spacial score (nSPS) is 12.1. The summed E-state index contributed by atoms with van der Waals surface area (Å²) >= 11 is 0. The van der Waals surface area contributed by atoms with Gasteiger partial charge in [-0.3, -0.25) is 9.36 Å². The van der Waals surface area contributed by atoms with E-state index in [2.05, 4.69) is 15.2 Å². The third-order valence-electron chi connectivity index (χ3n) is 3.75. The first-order chi connectivity index (χ1) is 12.6. The molecule has 0 saturated heterocycles. The molecule has 1 aromatic carbocycles. The van der Waals surface area contributed by atoms with E-state index < -0.39 is 0 Å². The van der Waals surface area contributed by atoms with Crippen molar-refractivity contribution in [3.8, 4) is 22.8 Å². The molecule has 0 saturated carbocycles. The van der Waals surface area contributed by atoms with Crippen LogP contribution in [0.1, 0.15) is 12.7 Å². The van der Waals surface area contributed by atoms with Gasteiger partial charge in [0.25, 0.3) is 0 Å². The number of hydrogen-bond donors (Lipinski definition) is 2. The highest BCUT2D eigenvalue weighted by Crippen LogP contribution is 2.25. The Morgan fingerprint density at radius 3 is 2.58 bits per heavy atom. The summed E-state index contributed by atoms with van der Waals surface area (Å²) in [7, 11) is 1.63. The fourth-order valence-electron chi connectivity index (χ4n) is 2.60. The predicted molar refractivity (Wildman–Crippen MR) is 95.3 cm³/mol. The third-order valence-corrected chi connectivity index (χ3v) is 3.75. The molecule has 2 heterocycles. The standard InChI is InChI=1S/C18H20N4O4/c1-12(11-25-2)26-15-6-3-13(4-7-15)18-21-20-16(10-23)22(18)14-5-8-17(24)19-9-14/h3-9,12,23H,10-11H2,1-2H3,(H,19,24). The van der Waals surface area contributed by atoms with E-state index in [1.807, 2.05) is 31.2 Å². The third kappa shape index (κ3) is 3.81. The second-order valence-corrected chi connectivity index (χ2v) is 5.75. The fraction of sp³-hybridized carbons (Fsp3) is 0.278. The Morgan fingerprint density at radius 2 is 1.96 bits per heavy atom. The molecule has 0 bridgehead atoms. The van der Waals surface area contributed by atoms with Gasteiger partial charge in [-0.2, -0.15) is 0 Å². The Kier molecular flexibility index (Phi) is 5.45. The van der Waals surface area contributed by atoms with Crippen molar-refractivity contribution >= 4 is 0 Å². The Balaban J connectivity index is 1.93. The molecule has 0 aliphatic heterocycles. The van der Waals surface area contributed by atoms with Gasteiger partial charge in [0, 0.05) is 24.9 Å². The fourth-order valence-corrected chi connectivity index (χ4v) is 2.60. The molecule has 0 aliphatic rings. The van der Waals surface area contributed by atoms with Gasteiger partial charge in [-0.15, -0.1) is 10.2 Å². The van der Waals surface area contributed by atoms with Gasteiger partial charge in [0.1, 0.15) is 18.5 Å². The molecule has 0 amide bonds. The zero-order valence-corrected chi connectivity index (χ0v) is 14.5. The van der Waals surface area contributed by atoms with Crippen molar-refractivity contribution in [2.45, 2.75) is 19.6 Å². The SMILES string of the molecule is COCC(C)Oc1ccc(-c2nnc(CO)n2-c2ccc(=O)[nH]c2)cc1. The first-order valence-corrected chi connectivity index (χ1v) is 8.12. The maximum Gasteiger partial charge on any atom is 0.248 e. The molecule has 0 aliphatic carbocycles. The molecule has 26 heavy (non-hydrogen) atoms. The van der Waals surface area contributed by atoms with E-state index >= 15 is 0 Å². The number of aliphatic hydroxyl groups is 1.